The molecule has 0 aliphatic rings. The SMILES string of the molecule is CNc1ccc(C(=O)Nc2ccc([N+](=O)[O-])cc2)nc1. The molecule has 0 saturated heterocycles. The van der Waals surface area contributed by atoms with Crippen molar-refractivity contribution in [1.82, 2.24) is 4.98 Å². The summed E-state index contributed by atoms with van der Waals surface area (Å²) in [7, 11) is 1.76. The smallest absolute Gasteiger partial charge is 0.274 e. The highest BCUT2D eigenvalue weighted by atomic mass is 16.6. The van der Waals surface area contributed by atoms with Crippen molar-refractivity contribution in [3.05, 3.63) is 58.4 Å². The largest absolute Gasteiger partial charge is 0.387 e. The number of nitro benzene ring substituents is 1. The fourth-order valence-electron chi connectivity index (χ4n) is 1.54. The van der Waals surface area contributed by atoms with Crippen molar-refractivity contribution in [1.29, 1.82) is 0 Å². The number of nitro groups is 1. The first-order valence-electron chi connectivity index (χ1n) is 5.80. The second kappa shape index (κ2) is 5.79. The molecule has 0 fully saturated rings. The van der Waals surface area contributed by atoms with Crippen molar-refractivity contribution in [2.75, 3.05) is 17.7 Å². The molecular formula is C13H12N4O3. The van der Waals surface area contributed by atoms with E-state index in [-0.39, 0.29) is 17.3 Å². The highest BCUT2D eigenvalue weighted by Crippen LogP contribution is 2.16. The van der Waals surface area contributed by atoms with Gasteiger partial charge in [-0.2, -0.15) is 0 Å². The summed E-state index contributed by atoms with van der Waals surface area (Å²) in [6, 6.07) is 8.92. The van der Waals surface area contributed by atoms with Gasteiger partial charge in [0.15, 0.2) is 0 Å². The zero-order chi connectivity index (χ0) is 14.5. The van der Waals surface area contributed by atoms with E-state index in [4.69, 9.17) is 0 Å². The van der Waals surface area contributed by atoms with Crippen LogP contribution in [0.15, 0.2) is 42.6 Å². The molecule has 2 aromatic rings. The number of pyridine rings is 1. The summed E-state index contributed by atoms with van der Waals surface area (Å²) in [6.45, 7) is 0. The molecule has 0 radical (unpaired) electrons. The number of nitrogens with one attached hydrogen (secondary N) is 2. The predicted octanol–water partition coefficient (Wildman–Crippen LogP) is 2.28. The molecule has 1 aromatic heterocycles. The van der Waals surface area contributed by atoms with Gasteiger partial charge in [0.2, 0.25) is 0 Å². The molecule has 0 unspecified atom stereocenters. The van der Waals surface area contributed by atoms with E-state index in [0.717, 1.165) is 5.69 Å². The number of carbonyl (C=O) groups is 1. The van der Waals surface area contributed by atoms with Gasteiger partial charge in [-0.25, -0.2) is 4.98 Å². The molecule has 0 spiro atoms. The summed E-state index contributed by atoms with van der Waals surface area (Å²) >= 11 is 0. The van der Waals surface area contributed by atoms with Crippen molar-refractivity contribution >= 4 is 23.0 Å². The maximum absolute atomic E-state index is 11.9. The number of benzene rings is 1. The molecule has 102 valence electrons. The highest BCUT2D eigenvalue weighted by molar-refractivity contribution is 6.02. The molecule has 0 aliphatic heterocycles. The number of nitrogens with zero attached hydrogens (tertiary/aromatic N) is 2. The Morgan fingerprint density at radius 1 is 1.15 bits per heavy atom. The summed E-state index contributed by atoms with van der Waals surface area (Å²) in [6.07, 6.45) is 1.55. The summed E-state index contributed by atoms with van der Waals surface area (Å²) in [5.74, 6) is -0.374. The van der Waals surface area contributed by atoms with Gasteiger partial charge in [-0.15, -0.1) is 0 Å². The number of rotatable bonds is 4. The molecular weight excluding hydrogens is 260 g/mol. The third-order valence-electron chi connectivity index (χ3n) is 2.62. The summed E-state index contributed by atoms with van der Waals surface area (Å²) in [5, 5.41) is 16.0. The van der Waals surface area contributed by atoms with Crippen molar-refractivity contribution in [3.63, 3.8) is 0 Å². The fraction of sp³-hybridized carbons (Fsp3) is 0.0769. The predicted molar refractivity (Wildman–Crippen MR) is 74.8 cm³/mol. The van der Waals surface area contributed by atoms with Gasteiger partial charge in [0.05, 0.1) is 16.8 Å². The maximum Gasteiger partial charge on any atom is 0.274 e. The Bertz CT molecular complexity index is 623. The number of carbonyl (C=O) groups excluding carboxylic acids is 1. The van der Waals surface area contributed by atoms with Crippen LogP contribution in [0.2, 0.25) is 0 Å². The zero-order valence-electron chi connectivity index (χ0n) is 10.7. The zero-order valence-corrected chi connectivity index (χ0v) is 10.7. The van der Waals surface area contributed by atoms with Crippen molar-refractivity contribution in [3.8, 4) is 0 Å². The van der Waals surface area contributed by atoms with E-state index in [1.165, 1.54) is 24.3 Å². The lowest BCUT2D eigenvalue weighted by molar-refractivity contribution is -0.384. The normalized spacial score (nSPS) is 9.85. The summed E-state index contributed by atoms with van der Waals surface area (Å²) in [4.78, 5) is 25.9. The molecule has 7 heteroatoms. The van der Waals surface area contributed by atoms with Gasteiger partial charge in [0, 0.05) is 24.9 Å². The third-order valence-corrected chi connectivity index (χ3v) is 2.62. The average Bonchev–Trinajstić information content (AvgIpc) is 2.48. The van der Waals surface area contributed by atoms with Crippen LogP contribution in [-0.2, 0) is 0 Å². The second-order valence-corrected chi connectivity index (χ2v) is 3.94. The standard InChI is InChI=1S/C13H12N4O3/c1-14-10-4-7-12(15-8-10)13(18)16-9-2-5-11(6-3-9)17(19)20/h2-8,14H,1H3,(H,16,18). The van der Waals surface area contributed by atoms with Crippen LogP contribution in [0.5, 0.6) is 0 Å². The molecule has 0 aliphatic carbocycles. The minimum atomic E-state index is -0.496. The molecule has 0 saturated carbocycles. The third kappa shape index (κ3) is 3.08. The monoisotopic (exact) mass is 272 g/mol. The first-order chi connectivity index (χ1) is 9.60. The minimum Gasteiger partial charge on any atom is -0.387 e. The molecule has 1 amide bonds. The van der Waals surface area contributed by atoms with Gasteiger partial charge in [0.1, 0.15) is 5.69 Å². The van der Waals surface area contributed by atoms with Crippen molar-refractivity contribution in [2.24, 2.45) is 0 Å². The number of hydrogen-bond acceptors (Lipinski definition) is 5. The fourth-order valence-corrected chi connectivity index (χ4v) is 1.54. The van der Waals surface area contributed by atoms with Gasteiger partial charge in [-0.3, -0.25) is 14.9 Å². The van der Waals surface area contributed by atoms with E-state index in [2.05, 4.69) is 15.6 Å². The van der Waals surface area contributed by atoms with E-state index in [9.17, 15) is 14.9 Å². The Labute approximate surface area is 114 Å². The number of aromatic nitrogens is 1. The van der Waals surface area contributed by atoms with Crippen LogP contribution in [-0.4, -0.2) is 22.9 Å². The quantitative estimate of drug-likeness (QED) is 0.657. The number of anilines is 2. The van der Waals surface area contributed by atoms with Crippen LogP contribution in [0.25, 0.3) is 0 Å². The van der Waals surface area contributed by atoms with Gasteiger partial charge in [-0.1, -0.05) is 0 Å². The lowest BCUT2D eigenvalue weighted by Gasteiger charge is -2.05. The van der Waals surface area contributed by atoms with Crippen molar-refractivity contribution < 1.29 is 9.72 Å². The van der Waals surface area contributed by atoms with Gasteiger partial charge in [0.25, 0.3) is 11.6 Å². The lowest BCUT2D eigenvalue weighted by atomic mass is 10.2. The molecule has 1 heterocycles. The summed E-state index contributed by atoms with van der Waals surface area (Å²) < 4.78 is 0. The topological polar surface area (TPSA) is 97.2 Å². The van der Waals surface area contributed by atoms with E-state index < -0.39 is 4.92 Å². The molecule has 1 aromatic carbocycles. The Kier molecular flexibility index (Phi) is 3.90. The van der Waals surface area contributed by atoms with Crippen molar-refractivity contribution in [2.45, 2.75) is 0 Å². The Morgan fingerprint density at radius 2 is 1.80 bits per heavy atom. The highest BCUT2D eigenvalue weighted by Gasteiger charge is 2.09. The molecule has 7 nitrogen and oxygen atoms in total. The van der Waals surface area contributed by atoms with Crippen LogP contribution in [0, 0.1) is 10.1 Å². The Morgan fingerprint density at radius 3 is 2.30 bits per heavy atom. The molecule has 2 rings (SSSR count). The van der Waals surface area contributed by atoms with Gasteiger partial charge >= 0.3 is 0 Å². The second-order valence-electron chi connectivity index (χ2n) is 3.94. The molecule has 0 bridgehead atoms. The van der Waals surface area contributed by atoms with E-state index >= 15 is 0 Å². The average molecular weight is 272 g/mol. The van der Waals surface area contributed by atoms with Crippen LogP contribution in [0.1, 0.15) is 10.5 Å². The van der Waals surface area contributed by atoms with Crippen LogP contribution in [0.3, 0.4) is 0 Å². The van der Waals surface area contributed by atoms with Crippen LogP contribution < -0.4 is 10.6 Å². The molecule has 0 atom stereocenters. The Balaban J connectivity index is 2.08. The first kappa shape index (κ1) is 13.5. The lowest BCUT2D eigenvalue weighted by Crippen LogP contribution is -2.13. The molecule has 2 N–H and O–H groups in total. The van der Waals surface area contributed by atoms with E-state index in [0.29, 0.717) is 5.69 Å². The summed E-state index contributed by atoms with van der Waals surface area (Å²) in [5.41, 5.74) is 1.51. The van der Waals surface area contributed by atoms with Gasteiger partial charge in [-0.05, 0) is 24.3 Å². The molecule has 20 heavy (non-hydrogen) atoms. The number of amides is 1. The van der Waals surface area contributed by atoms with E-state index in [1.54, 1.807) is 25.4 Å². The van der Waals surface area contributed by atoms with Crippen LogP contribution >= 0.6 is 0 Å². The number of hydrogen-bond donors (Lipinski definition) is 2. The number of non-ortho nitro benzene ring substituents is 1. The maximum atomic E-state index is 11.9. The first-order valence-corrected chi connectivity index (χ1v) is 5.80. The minimum absolute atomic E-state index is 0.0282. The Hall–Kier alpha value is -2.96. The van der Waals surface area contributed by atoms with Crippen LogP contribution in [0.4, 0.5) is 17.1 Å². The van der Waals surface area contributed by atoms with Gasteiger partial charge < -0.3 is 10.6 Å². The van der Waals surface area contributed by atoms with E-state index in [1.807, 2.05) is 0 Å².